The maximum atomic E-state index is 2.37. The van der Waals surface area contributed by atoms with Gasteiger partial charge in [0.05, 0.1) is 0 Å². The number of fused-ring (bicyclic) bond motifs is 2. The van der Waals surface area contributed by atoms with Gasteiger partial charge in [0.1, 0.15) is 0 Å². The molecule has 1 aromatic heterocycles. The summed E-state index contributed by atoms with van der Waals surface area (Å²) in [4.78, 5) is 6.99. The third-order valence-electron chi connectivity index (χ3n) is 19.0. The molecule has 0 spiro atoms. The van der Waals surface area contributed by atoms with Crippen molar-refractivity contribution in [1.29, 1.82) is 0 Å². The van der Waals surface area contributed by atoms with Crippen molar-refractivity contribution in [2.24, 2.45) is 7.05 Å². The minimum absolute atomic E-state index is 1.09. The van der Waals surface area contributed by atoms with E-state index >= 15 is 0 Å². The van der Waals surface area contributed by atoms with Crippen LogP contribution in [0.4, 0.5) is 51.2 Å². The SMILES string of the molecule is Cn1c2ccc3cc2c2cc(ccc21)-c1ccc(cc1)-c1ccc(cc1)N(c1ccccc1)c1ccc(cc1)-c1ccc(cc1)-c1ccc(cc1)N(c1ccccc1)c1ccc(cc1)-c1ccc(cc1)-c1ccc(cc1)N(c1ccccc1)c1ccc(cc1)-c1ccc-3cc1. The summed E-state index contributed by atoms with van der Waals surface area (Å²) in [5.41, 5.74) is 31.0. The highest BCUT2D eigenvalue weighted by atomic mass is 15.2. The monoisotopic (exact) mass is 1210 g/mol. The second-order valence-corrected chi connectivity index (χ2v) is 24.6. The third kappa shape index (κ3) is 10.9. The number of rotatable bonds is 3. The van der Waals surface area contributed by atoms with Crippen molar-refractivity contribution in [3.05, 3.63) is 370 Å². The third-order valence-corrected chi connectivity index (χ3v) is 19.0. The highest BCUT2D eigenvalue weighted by molar-refractivity contribution is 6.10. The predicted octanol–water partition coefficient (Wildman–Crippen LogP) is 25.4. The summed E-state index contributed by atoms with van der Waals surface area (Å²) < 4.78 is 2.32. The summed E-state index contributed by atoms with van der Waals surface area (Å²) >= 11 is 0. The molecule has 15 aliphatic heterocycles. The zero-order chi connectivity index (χ0) is 63.2. The van der Waals surface area contributed by atoms with E-state index in [9.17, 15) is 0 Å². The van der Waals surface area contributed by atoms with Gasteiger partial charge < -0.3 is 19.3 Å². The Balaban J connectivity index is 0.713. The van der Waals surface area contributed by atoms with Gasteiger partial charge in [-0.3, -0.25) is 0 Å². The molecule has 4 nitrogen and oxygen atoms in total. The molecule has 24 bridgehead atoms. The maximum absolute atomic E-state index is 2.37. The first-order valence-corrected chi connectivity index (χ1v) is 32.6. The molecule has 0 saturated heterocycles. The van der Waals surface area contributed by atoms with Crippen molar-refractivity contribution in [2.45, 2.75) is 0 Å². The smallest absolute Gasteiger partial charge is 0.0489 e. The molecule has 0 N–H and O–H groups in total. The van der Waals surface area contributed by atoms with Crippen LogP contribution in [0.25, 0.3) is 111 Å². The molecular formula is C91H64N4. The van der Waals surface area contributed by atoms with Crippen LogP contribution in [0.3, 0.4) is 0 Å². The average molecular weight is 1210 g/mol. The van der Waals surface area contributed by atoms with Crippen molar-refractivity contribution < 1.29 is 0 Å². The fourth-order valence-electron chi connectivity index (χ4n) is 13.9. The van der Waals surface area contributed by atoms with Gasteiger partial charge in [0.25, 0.3) is 0 Å². The van der Waals surface area contributed by atoms with Gasteiger partial charge in [0.2, 0.25) is 0 Å². The Hall–Kier alpha value is -12.5. The Bertz CT molecular complexity index is 5040. The van der Waals surface area contributed by atoms with Gasteiger partial charge in [-0.15, -0.1) is 0 Å². The first-order chi connectivity index (χ1) is 47.0. The van der Waals surface area contributed by atoms with Gasteiger partial charge in [0.15, 0.2) is 0 Å². The van der Waals surface area contributed by atoms with E-state index in [0.717, 1.165) is 73.4 Å². The van der Waals surface area contributed by atoms with Gasteiger partial charge in [-0.1, -0.05) is 237 Å². The number of para-hydroxylation sites is 3. The predicted molar refractivity (Wildman–Crippen MR) is 402 cm³/mol. The van der Waals surface area contributed by atoms with Crippen molar-refractivity contribution in [2.75, 3.05) is 14.7 Å². The van der Waals surface area contributed by atoms with Crippen molar-refractivity contribution >= 4 is 73.0 Å². The highest BCUT2D eigenvalue weighted by Gasteiger charge is 2.19. The summed E-state index contributed by atoms with van der Waals surface area (Å²) in [6, 6.07) is 135. The fourth-order valence-corrected chi connectivity index (χ4v) is 13.9. The second kappa shape index (κ2) is 24.3. The first kappa shape index (κ1) is 56.5. The average Bonchev–Trinajstić information content (AvgIpc) is 1.64. The van der Waals surface area contributed by atoms with Gasteiger partial charge in [-0.2, -0.15) is 0 Å². The molecule has 16 heterocycles. The van der Waals surface area contributed by atoms with E-state index < -0.39 is 0 Å². The van der Waals surface area contributed by atoms with Crippen molar-refractivity contribution in [1.82, 2.24) is 4.57 Å². The van der Waals surface area contributed by atoms with Crippen LogP contribution in [0.1, 0.15) is 0 Å². The molecule has 95 heavy (non-hydrogen) atoms. The number of hydrogen-bond acceptors (Lipinski definition) is 3. The minimum atomic E-state index is 1.09. The summed E-state index contributed by atoms with van der Waals surface area (Å²) in [5.74, 6) is 0. The van der Waals surface area contributed by atoms with Crippen LogP contribution in [0, 0.1) is 0 Å². The zero-order valence-corrected chi connectivity index (χ0v) is 52.5. The lowest BCUT2D eigenvalue weighted by atomic mass is 9.97. The van der Waals surface area contributed by atoms with Gasteiger partial charge in [0, 0.05) is 80.0 Å². The summed E-state index contributed by atoms with van der Waals surface area (Å²) in [6.45, 7) is 0. The Kier molecular flexibility index (Phi) is 14.4. The summed E-state index contributed by atoms with van der Waals surface area (Å²) in [6.07, 6.45) is 0. The molecule has 448 valence electrons. The van der Waals surface area contributed by atoms with Crippen LogP contribution in [0.2, 0.25) is 0 Å². The number of aromatic nitrogens is 1. The van der Waals surface area contributed by atoms with E-state index in [1.54, 1.807) is 0 Å². The molecule has 16 aromatic rings. The number of anilines is 9. The largest absolute Gasteiger partial charge is 0.344 e. The fraction of sp³-hybridized carbons (Fsp3) is 0.0110. The molecule has 15 aliphatic rings. The van der Waals surface area contributed by atoms with Gasteiger partial charge in [-0.05, 0) is 222 Å². The standard InChI is InChI=1S/C91H64N4/c1-92-90-59-45-77-61-88(90)89-62-78(46-60-91(89)92)76-31-27-68(28-32-76)74-43-57-87(58-44-74)95(81-15-9-4-10-16-81)85-53-39-72(40-54-85)66-23-19-64(20-24-66)70-35-49-83(50-36-70)93(79-11-5-2-6-12-79)82-47-33-69(34-48-82)63-17-21-65(22-18-63)71-37-51-84(52-38-71)94(80-13-7-3-8-14-80)86-55-41-73(42-56-86)67-25-29-75(77)30-26-67/h2-62H,1H3. The molecule has 0 amide bonds. The lowest BCUT2D eigenvalue weighted by Gasteiger charge is -2.26. The van der Waals surface area contributed by atoms with E-state index in [-0.39, 0.29) is 0 Å². The Morgan fingerprint density at radius 1 is 0.147 bits per heavy atom. The molecule has 31 rings (SSSR count). The first-order valence-electron chi connectivity index (χ1n) is 32.6. The van der Waals surface area contributed by atoms with Crippen LogP contribution in [0.15, 0.2) is 370 Å². The van der Waals surface area contributed by atoms with Gasteiger partial charge >= 0.3 is 0 Å². The molecule has 0 aliphatic carbocycles. The van der Waals surface area contributed by atoms with Crippen LogP contribution < -0.4 is 14.7 Å². The van der Waals surface area contributed by atoms with Crippen molar-refractivity contribution in [3.63, 3.8) is 0 Å². The molecule has 4 heteroatoms. The lowest BCUT2D eigenvalue weighted by molar-refractivity contribution is 1.01. The molecular weight excluding hydrogens is 1150 g/mol. The van der Waals surface area contributed by atoms with Crippen LogP contribution in [0.5, 0.6) is 0 Å². The second-order valence-electron chi connectivity index (χ2n) is 24.6. The van der Waals surface area contributed by atoms with Crippen molar-refractivity contribution in [3.8, 4) is 89.0 Å². The number of hydrogen-bond donors (Lipinski definition) is 0. The van der Waals surface area contributed by atoms with Crippen LogP contribution >= 0.6 is 0 Å². The van der Waals surface area contributed by atoms with E-state index in [4.69, 9.17) is 0 Å². The topological polar surface area (TPSA) is 14.7 Å². The van der Waals surface area contributed by atoms with E-state index in [0.29, 0.717) is 0 Å². The normalized spacial score (nSPS) is 12.0. The highest BCUT2D eigenvalue weighted by Crippen LogP contribution is 2.43. The molecule has 0 radical (unpaired) electrons. The lowest BCUT2D eigenvalue weighted by Crippen LogP contribution is -2.09. The molecule has 15 aromatic carbocycles. The molecule has 0 unspecified atom stereocenters. The molecule has 0 fully saturated rings. The minimum Gasteiger partial charge on any atom is -0.344 e. The van der Waals surface area contributed by atoms with E-state index in [2.05, 4.69) is 396 Å². The number of aryl methyl sites for hydroxylation is 1. The summed E-state index contributed by atoms with van der Waals surface area (Å²) in [5, 5.41) is 2.49. The number of nitrogens with zero attached hydrogens (tertiary/aromatic N) is 4. The van der Waals surface area contributed by atoms with Crippen LogP contribution in [-0.2, 0) is 7.05 Å². The number of benzene rings is 15. The Morgan fingerprint density at radius 2 is 0.295 bits per heavy atom. The van der Waals surface area contributed by atoms with E-state index in [1.165, 1.54) is 88.6 Å². The zero-order valence-electron chi connectivity index (χ0n) is 52.5. The maximum Gasteiger partial charge on any atom is 0.0489 e. The summed E-state index contributed by atoms with van der Waals surface area (Å²) in [7, 11) is 2.18. The van der Waals surface area contributed by atoms with Crippen LogP contribution in [-0.4, -0.2) is 4.57 Å². The van der Waals surface area contributed by atoms with Gasteiger partial charge in [-0.25, -0.2) is 0 Å². The molecule has 0 saturated carbocycles. The molecule has 0 atom stereocenters. The quantitative estimate of drug-likeness (QED) is 0.175. The van der Waals surface area contributed by atoms with E-state index in [1.807, 2.05) is 0 Å². The Labute approximate surface area is 555 Å². The Morgan fingerprint density at radius 3 is 0.484 bits per heavy atom.